The third-order valence-corrected chi connectivity index (χ3v) is 3.00. The molecule has 1 atom stereocenters. The maximum Gasteiger partial charge on any atom is 0.405 e. The summed E-state index contributed by atoms with van der Waals surface area (Å²) in [6.45, 7) is 3.07. The molecule has 0 saturated heterocycles. The van der Waals surface area contributed by atoms with Crippen molar-refractivity contribution in [3.8, 4) is 0 Å². The van der Waals surface area contributed by atoms with E-state index in [9.17, 15) is 13.2 Å². The summed E-state index contributed by atoms with van der Waals surface area (Å²) in [5.41, 5.74) is 1.34. The van der Waals surface area contributed by atoms with E-state index in [0.717, 1.165) is 12.1 Å². The molecule has 0 radical (unpaired) electrons. The van der Waals surface area contributed by atoms with Crippen LogP contribution in [0.15, 0.2) is 18.3 Å². The predicted octanol–water partition coefficient (Wildman–Crippen LogP) is 3.14. The molecule has 0 aliphatic heterocycles. The normalized spacial score (nSPS) is 13.4. The maximum atomic E-state index is 12.4. The van der Waals surface area contributed by atoms with Gasteiger partial charge in [0.15, 0.2) is 0 Å². The Labute approximate surface area is 111 Å². The van der Waals surface area contributed by atoms with Gasteiger partial charge in [0.2, 0.25) is 0 Å². The van der Waals surface area contributed by atoms with E-state index in [1.807, 2.05) is 14.0 Å². The molecule has 0 amide bonds. The van der Waals surface area contributed by atoms with Crippen LogP contribution in [0.2, 0.25) is 0 Å². The Morgan fingerprint density at radius 2 is 2.00 bits per heavy atom. The molecule has 6 heteroatoms. The van der Waals surface area contributed by atoms with Gasteiger partial charge >= 0.3 is 6.18 Å². The molecule has 0 saturated carbocycles. The predicted molar refractivity (Wildman–Crippen MR) is 70.3 cm³/mol. The van der Waals surface area contributed by atoms with Gasteiger partial charge in [0.25, 0.3) is 0 Å². The summed E-state index contributed by atoms with van der Waals surface area (Å²) >= 11 is 0. The first-order chi connectivity index (χ1) is 8.91. The Morgan fingerprint density at radius 1 is 1.32 bits per heavy atom. The highest BCUT2D eigenvalue weighted by Crippen LogP contribution is 2.22. The molecule has 108 valence electrons. The van der Waals surface area contributed by atoms with Crippen LogP contribution in [0, 0.1) is 0 Å². The smallest absolute Gasteiger partial charge is 0.362 e. The second-order valence-corrected chi connectivity index (χ2v) is 4.32. The number of nitrogens with zero attached hydrogens (tertiary/aromatic N) is 2. The highest BCUT2D eigenvalue weighted by atomic mass is 19.4. The Balaban J connectivity index is 2.84. The number of halogens is 3. The van der Waals surface area contributed by atoms with Crippen molar-refractivity contribution >= 4 is 5.69 Å². The average Bonchev–Trinajstić information content (AvgIpc) is 2.37. The van der Waals surface area contributed by atoms with E-state index in [0.29, 0.717) is 12.2 Å². The quantitative estimate of drug-likeness (QED) is 0.864. The lowest BCUT2D eigenvalue weighted by molar-refractivity contribution is -0.119. The van der Waals surface area contributed by atoms with Crippen LogP contribution in [0.3, 0.4) is 0 Å². The van der Waals surface area contributed by atoms with Gasteiger partial charge in [-0.3, -0.25) is 4.98 Å². The molecule has 0 spiro atoms. The lowest BCUT2D eigenvalue weighted by atomic mass is 10.1. The molecule has 1 N–H and O–H groups in total. The van der Waals surface area contributed by atoms with Gasteiger partial charge in [-0.2, -0.15) is 13.2 Å². The summed E-state index contributed by atoms with van der Waals surface area (Å²) in [5, 5.41) is 3.11. The van der Waals surface area contributed by atoms with Crippen LogP contribution < -0.4 is 10.2 Å². The zero-order valence-electron chi connectivity index (χ0n) is 11.5. The topological polar surface area (TPSA) is 28.2 Å². The highest BCUT2D eigenvalue weighted by molar-refractivity contribution is 5.44. The van der Waals surface area contributed by atoms with Gasteiger partial charge < -0.3 is 10.2 Å². The third-order valence-electron chi connectivity index (χ3n) is 3.00. The summed E-state index contributed by atoms with van der Waals surface area (Å²) in [7, 11) is 1.84. The molecule has 0 bridgehead atoms. The molecule has 1 heterocycles. The number of nitrogens with one attached hydrogen (secondary N) is 1. The molecule has 1 aromatic heterocycles. The number of hydrogen-bond acceptors (Lipinski definition) is 3. The van der Waals surface area contributed by atoms with Crippen molar-refractivity contribution in [3.63, 3.8) is 0 Å². The van der Waals surface area contributed by atoms with Crippen LogP contribution in [-0.4, -0.2) is 31.3 Å². The Kier molecular flexibility index (Phi) is 5.60. The van der Waals surface area contributed by atoms with E-state index in [1.165, 1.54) is 11.1 Å². The van der Waals surface area contributed by atoms with Crippen molar-refractivity contribution in [2.24, 2.45) is 0 Å². The zero-order valence-corrected chi connectivity index (χ0v) is 11.5. The minimum atomic E-state index is -4.20. The summed E-state index contributed by atoms with van der Waals surface area (Å²) in [5.74, 6) is 0. The molecule has 0 aliphatic carbocycles. The molecule has 1 unspecified atom stereocenters. The number of alkyl halides is 3. The Hall–Kier alpha value is -1.30. The van der Waals surface area contributed by atoms with E-state index in [-0.39, 0.29) is 6.04 Å². The van der Waals surface area contributed by atoms with Crippen LogP contribution in [0.1, 0.15) is 32.0 Å². The number of anilines is 1. The second kappa shape index (κ2) is 6.75. The first-order valence-corrected chi connectivity index (χ1v) is 6.36. The molecule has 19 heavy (non-hydrogen) atoms. The Morgan fingerprint density at radius 3 is 2.37 bits per heavy atom. The minimum absolute atomic E-state index is 0.131. The van der Waals surface area contributed by atoms with Crippen molar-refractivity contribution < 1.29 is 13.2 Å². The Bertz CT molecular complexity index is 372. The van der Waals surface area contributed by atoms with Crippen LogP contribution in [-0.2, 0) is 0 Å². The minimum Gasteiger partial charge on any atom is -0.362 e. The molecule has 0 aromatic carbocycles. The summed E-state index contributed by atoms with van der Waals surface area (Å²) in [4.78, 5) is 5.51. The number of hydrogen-bond donors (Lipinski definition) is 1. The van der Waals surface area contributed by atoms with E-state index >= 15 is 0 Å². The molecule has 0 aliphatic rings. The fourth-order valence-electron chi connectivity index (χ4n) is 1.95. The summed E-state index contributed by atoms with van der Waals surface area (Å²) in [6.07, 6.45) is -1.82. The van der Waals surface area contributed by atoms with Crippen LogP contribution in [0.5, 0.6) is 0 Å². The molecular weight excluding hydrogens is 255 g/mol. The van der Waals surface area contributed by atoms with E-state index in [2.05, 4.69) is 10.3 Å². The van der Waals surface area contributed by atoms with E-state index in [1.54, 1.807) is 19.1 Å². The monoisotopic (exact) mass is 275 g/mol. The van der Waals surface area contributed by atoms with Crippen molar-refractivity contribution in [1.82, 2.24) is 10.3 Å². The molecule has 3 nitrogen and oxygen atoms in total. The van der Waals surface area contributed by atoms with Crippen LogP contribution >= 0.6 is 0 Å². The van der Waals surface area contributed by atoms with Crippen molar-refractivity contribution in [2.45, 2.75) is 32.5 Å². The fraction of sp³-hybridized carbons (Fsp3) is 0.615. The molecule has 1 rings (SSSR count). The fourth-order valence-corrected chi connectivity index (χ4v) is 1.95. The first kappa shape index (κ1) is 15.8. The summed E-state index contributed by atoms with van der Waals surface area (Å²) < 4.78 is 37.3. The van der Waals surface area contributed by atoms with Gasteiger partial charge in [-0.05, 0) is 32.5 Å². The SMILES string of the molecule is CCC(NC)c1ccc(N(CC)CC(F)(F)F)cn1. The maximum absolute atomic E-state index is 12.4. The molecule has 1 aromatic rings. The molecular formula is C13H20F3N3. The average molecular weight is 275 g/mol. The lowest BCUT2D eigenvalue weighted by Crippen LogP contribution is -2.34. The van der Waals surface area contributed by atoms with Crippen molar-refractivity contribution in [2.75, 3.05) is 25.0 Å². The zero-order chi connectivity index (χ0) is 14.5. The van der Waals surface area contributed by atoms with Crippen molar-refractivity contribution in [1.29, 1.82) is 0 Å². The lowest BCUT2D eigenvalue weighted by Gasteiger charge is -2.24. The van der Waals surface area contributed by atoms with Gasteiger partial charge in [-0.1, -0.05) is 6.92 Å². The first-order valence-electron chi connectivity index (χ1n) is 6.36. The second-order valence-electron chi connectivity index (χ2n) is 4.32. The number of pyridine rings is 1. The number of aromatic nitrogens is 1. The van der Waals surface area contributed by atoms with Crippen molar-refractivity contribution in [3.05, 3.63) is 24.0 Å². The standard InChI is InChI=1S/C13H20F3N3/c1-4-11(17-3)12-7-6-10(8-18-12)19(5-2)9-13(14,15)16/h6-8,11,17H,4-5,9H2,1-3H3. The largest absolute Gasteiger partial charge is 0.405 e. The van der Waals surface area contributed by atoms with Gasteiger partial charge in [0.05, 0.1) is 17.6 Å². The third kappa shape index (κ3) is 4.70. The number of rotatable bonds is 6. The van der Waals surface area contributed by atoms with E-state index < -0.39 is 12.7 Å². The molecule has 0 fully saturated rings. The van der Waals surface area contributed by atoms with E-state index in [4.69, 9.17) is 0 Å². The van der Waals surface area contributed by atoms with Gasteiger partial charge in [0, 0.05) is 12.6 Å². The summed E-state index contributed by atoms with van der Waals surface area (Å²) in [6, 6.07) is 3.60. The van der Waals surface area contributed by atoms with Gasteiger partial charge in [-0.15, -0.1) is 0 Å². The van der Waals surface area contributed by atoms with Gasteiger partial charge in [0.1, 0.15) is 6.54 Å². The van der Waals surface area contributed by atoms with Crippen LogP contribution in [0.25, 0.3) is 0 Å². The van der Waals surface area contributed by atoms with Crippen LogP contribution in [0.4, 0.5) is 18.9 Å². The van der Waals surface area contributed by atoms with Gasteiger partial charge in [-0.25, -0.2) is 0 Å². The highest BCUT2D eigenvalue weighted by Gasteiger charge is 2.30.